The Morgan fingerprint density at radius 1 is 1.16 bits per heavy atom. The minimum Gasteiger partial charge on any atom is -0.296 e. The second-order valence-corrected chi connectivity index (χ2v) is 11.0. The summed E-state index contributed by atoms with van der Waals surface area (Å²) < 4.78 is 56.7. The van der Waals surface area contributed by atoms with Crippen LogP contribution in [0.1, 0.15) is 30.5 Å². The van der Waals surface area contributed by atoms with Crippen molar-refractivity contribution in [3.05, 3.63) is 69.2 Å². The molecule has 2 atom stereocenters. The van der Waals surface area contributed by atoms with Crippen molar-refractivity contribution < 1.29 is 27.2 Å². The van der Waals surface area contributed by atoms with Gasteiger partial charge in [0.15, 0.2) is 0 Å². The highest BCUT2D eigenvalue weighted by Gasteiger charge is 2.47. The quantitative estimate of drug-likeness (QED) is 0.271. The van der Waals surface area contributed by atoms with Gasteiger partial charge in [-0.1, -0.05) is 23.7 Å². The molecule has 3 heterocycles. The molecule has 0 N–H and O–H groups in total. The molecule has 6 nitrogen and oxygen atoms in total. The molecule has 2 amide bonds. The summed E-state index contributed by atoms with van der Waals surface area (Å²) in [6.45, 7) is 4.22. The number of alkyl halides is 4. The largest absolute Gasteiger partial charge is 0.416 e. The Bertz CT molecular complexity index is 1450. The molecule has 1 aromatic heterocycles. The van der Waals surface area contributed by atoms with Crippen molar-refractivity contribution in [3.63, 3.8) is 0 Å². The zero-order valence-corrected chi connectivity index (χ0v) is 21.9. The highest BCUT2D eigenvalue weighted by atomic mass is 35.5. The van der Waals surface area contributed by atoms with Gasteiger partial charge in [0.05, 0.1) is 34.8 Å². The molecule has 5 rings (SSSR count). The average molecular weight is 567 g/mol. The average Bonchev–Trinajstić information content (AvgIpc) is 3.50. The van der Waals surface area contributed by atoms with Gasteiger partial charge in [-0.05, 0) is 67.1 Å². The van der Waals surface area contributed by atoms with Crippen LogP contribution >= 0.6 is 23.4 Å². The summed E-state index contributed by atoms with van der Waals surface area (Å²) in [5.41, 5.74) is 0.407. The molecule has 3 aromatic rings. The molecule has 0 bridgehead atoms. The third kappa shape index (κ3) is 5.06. The fourth-order valence-electron chi connectivity index (χ4n) is 4.79. The van der Waals surface area contributed by atoms with E-state index < -0.39 is 35.1 Å². The third-order valence-electron chi connectivity index (χ3n) is 6.79. The number of halogens is 5. The topological polar surface area (TPSA) is 58.4 Å². The van der Waals surface area contributed by atoms with E-state index in [0.29, 0.717) is 23.0 Å². The van der Waals surface area contributed by atoms with Crippen LogP contribution in [0.5, 0.6) is 0 Å². The van der Waals surface area contributed by atoms with Crippen LogP contribution in [-0.4, -0.2) is 62.1 Å². The van der Waals surface area contributed by atoms with Crippen molar-refractivity contribution in [2.75, 3.05) is 13.1 Å². The molecule has 2 aromatic carbocycles. The summed E-state index contributed by atoms with van der Waals surface area (Å²) in [6, 6.07) is 8.01. The monoisotopic (exact) mass is 566 g/mol. The number of nitrogens with zero attached hydrogens (tertiary/aromatic N) is 4. The van der Waals surface area contributed by atoms with E-state index in [2.05, 4.69) is 5.10 Å². The number of likely N-dealkylation sites (tertiary alicyclic amines) is 1. The van der Waals surface area contributed by atoms with E-state index in [0.717, 1.165) is 22.7 Å². The molecule has 2 aliphatic rings. The number of imide groups is 1. The minimum absolute atomic E-state index is 0.00679. The van der Waals surface area contributed by atoms with Crippen molar-refractivity contribution in [1.29, 1.82) is 0 Å². The molecular weight excluding hydrogens is 544 g/mol. The van der Waals surface area contributed by atoms with Crippen LogP contribution in [-0.2, 0) is 17.5 Å². The summed E-state index contributed by atoms with van der Waals surface area (Å²) >= 11 is 6.55. The van der Waals surface area contributed by atoms with Gasteiger partial charge in [0.1, 0.15) is 6.17 Å². The summed E-state index contributed by atoms with van der Waals surface area (Å²) in [7, 11) is 0. The molecule has 0 saturated carbocycles. The van der Waals surface area contributed by atoms with Gasteiger partial charge >= 0.3 is 6.18 Å². The fraction of sp³-hybridized carbons (Fsp3) is 0.346. The predicted octanol–water partition coefficient (Wildman–Crippen LogP) is 6.22. The van der Waals surface area contributed by atoms with Crippen molar-refractivity contribution in [1.82, 2.24) is 19.6 Å². The molecule has 0 spiro atoms. The van der Waals surface area contributed by atoms with Gasteiger partial charge in [-0.3, -0.25) is 24.1 Å². The first-order chi connectivity index (χ1) is 17.9. The van der Waals surface area contributed by atoms with E-state index >= 15 is 0 Å². The van der Waals surface area contributed by atoms with Gasteiger partial charge in [-0.15, -0.1) is 0 Å². The molecule has 2 aliphatic heterocycles. The maximum Gasteiger partial charge on any atom is 0.416 e. The van der Waals surface area contributed by atoms with Crippen LogP contribution < -0.4 is 0 Å². The summed E-state index contributed by atoms with van der Waals surface area (Å²) in [6.07, 6.45) is -2.79. The van der Waals surface area contributed by atoms with Crippen LogP contribution in [0, 0.1) is 0 Å². The standard InChI is InChI=1S/C26H23ClF4N4O2S/c1-14(2)33-12-20(28)22(13-33)35-24(36)23(38-25(35)37)8-15-3-6-21-17(7-15)10-32-34(21)11-16-4-5-18(27)9-19(16)26(29,30)31/h3-10,14,20,22H,11-13H2,1-2H3. The Kier molecular flexibility index (Phi) is 7.04. The van der Waals surface area contributed by atoms with Gasteiger partial charge in [0, 0.05) is 29.5 Å². The first kappa shape index (κ1) is 26.7. The molecule has 2 fully saturated rings. The smallest absolute Gasteiger partial charge is 0.296 e. The third-order valence-corrected chi connectivity index (χ3v) is 7.91. The van der Waals surface area contributed by atoms with E-state index in [1.165, 1.54) is 23.0 Å². The first-order valence-corrected chi connectivity index (χ1v) is 13.1. The number of hydrogen-bond acceptors (Lipinski definition) is 5. The second-order valence-electron chi connectivity index (χ2n) is 9.60. The van der Waals surface area contributed by atoms with Crippen LogP contribution in [0.3, 0.4) is 0 Å². The molecular formula is C26H23ClF4N4O2S. The van der Waals surface area contributed by atoms with Gasteiger partial charge in [0.2, 0.25) is 0 Å². The van der Waals surface area contributed by atoms with Crippen LogP contribution in [0.25, 0.3) is 17.0 Å². The maximum absolute atomic E-state index is 14.7. The Hall–Kier alpha value is -2.89. The van der Waals surface area contributed by atoms with Crippen molar-refractivity contribution in [2.45, 2.75) is 44.8 Å². The zero-order valence-electron chi connectivity index (χ0n) is 20.4. The predicted molar refractivity (Wildman–Crippen MR) is 138 cm³/mol. The van der Waals surface area contributed by atoms with E-state index in [1.807, 2.05) is 18.7 Å². The van der Waals surface area contributed by atoms with Gasteiger partial charge in [-0.2, -0.15) is 18.3 Å². The maximum atomic E-state index is 14.7. The van der Waals surface area contributed by atoms with Crippen molar-refractivity contribution >= 4 is 51.5 Å². The Labute approximate surface area is 225 Å². The molecule has 12 heteroatoms. The number of carbonyl (C=O) groups excluding carboxylic acids is 2. The lowest BCUT2D eigenvalue weighted by atomic mass is 10.1. The number of hydrogen-bond donors (Lipinski definition) is 0. The number of amides is 2. The van der Waals surface area contributed by atoms with E-state index in [4.69, 9.17) is 11.6 Å². The van der Waals surface area contributed by atoms with Gasteiger partial charge < -0.3 is 0 Å². The lowest BCUT2D eigenvalue weighted by molar-refractivity contribution is -0.138. The number of rotatable bonds is 5. The number of fused-ring (bicyclic) bond motifs is 1. The minimum atomic E-state index is -4.56. The highest BCUT2D eigenvalue weighted by Crippen LogP contribution is 2.37. The second kappa shape index (κ2) is 10.0. The van der Waals surface area contributed by atoms with Crippen molar-refractivity contribution in [2.24, 2.45) is 0 Å². The fourth-order valence-corrected chi connectivity index (χ4v) is 5.85. The lowest BCUT2D eigenvalue weighted by Crippen LogP contribution is -2.44. The van der Waals surface area contributed by atoms with E-state index in [9.17, 15) is 27.2 Å². The molecule has 0 radical (unpaired) electrons. The number of thioether (sulfide) groups is 1. The van der Waals surface area contributed by atoms with Gasteiger partial charge in [-0.25, -0.2) is 4.39 Å². The molecule has 38 heavy (non-hydrogen) atoms. The van der Waals surface area contributed by atoms with Crippen molar-refractivity contribution in [3.8, 4) is 0 Å². The molecule has 2 unspecified atom stereocenters. The SMILES string of the molecule is CC(C)N1CC(F)C(N2C(=O)SC(=Cc3ccc4c(cnn4Cc4ccc(Cl)cc4C(F)(F)F)c3)C2=O)C1. The molecule has 2 saturated heterocycles. The van der Waals surface area contributed by atoms with Crippen LogP contribution in [0.2, 0.25) is 5.02 Å². The lowest BCUT2D eigenvalue weighted by Gasteiger charge is -2.23. The normalized spacial score (nSPS) is 22.1. The number of carbonyl (C=O) groups is 2. The summed E-state index contributed by atoms with van der Waals surface area (Å²) in [4.78, 5) is 28.8. The van der Waals surface area contributed by atoms with E-state index in [-0.39, 0.29) is 34.6 Å². The molecule has 200 valence electrons. The Morgan fingerprint density at radius 3 is 2.61 bits per heavy atom. The highest BCUT2D eigenvalue weighted by molar-refractivity contribution is 8.18. The van der Waals surface area contributed by atoms with Gasteiger partial charge in [0.25, 0.3) is 11.1 Å². The van der Waals surface area contributed by atoms with E-state index in [1.54, 1.807) is 24.3 Å². The number of benzene rings is 2. The molecule has 0 aliphatic carbocycles. The summed E-state index contributed by atoms with van der Waals surface area (Å²) in [5, 5.41) is 4.38. The Morgan fingerprint density at radius 2 is 1.92 bits per heavy atom. The first-order valence-electron chi connectivity index (χ1n) is 11.9. The number of aromatic nitrogens is 2. The van der Waals surface area contributed by atoms with Crippen LogP contribution in [0.15, 0.2) is 47.5 Å². The van der Waals surface area contributed by atoms with Crippen LogP contribution in [0.4, 0.5) is 22.4 Å². The summed E-state index contributed by atoms with van der Waals surface area (Å²) in [5.74, 6) is -0.531. The Balaban J connectivity index is 1.38. The zero-order chi connectivity index (χ0) is 27.4.